The van der Waals surface area contributed by atoms with Gasteiger partial charge >= 0.3 is 0 Å². The zero-order chi connectivity index (χ0) is 42.9. The fourth-order valence-corrected chi connectivity index (χ4v) is 11.8. The molecule has 0 radical (unpaired) electrons. The van der Waals surface area contributed by atoms with Gasteiger partial charge in [-0.2, -0.15) is 0 Å². The normalized spacial score (nSPS) is 13.6. The van der Waals surface area contributed by atoms with Crippen molar-refractivity contribution in [3.8, 4) is 33.4 Å². The number of benzene rings is 10. The number of thiophene rings is 1. The number of hydrogen-bond acceptors (Lipinski definition) is 2. The maximum atomic E-state index is 6.85. The van der Waals surface area contributed by atoms with E-state index >= 15 is 0 Å². The summed E-state index contributed by atoms with van der Waals surface area (Å²) in [6.07, 6.45) is 2.98. The van der Waals surface area contributed by atoms with E-state index in [-0.39, 0.29) is 5.41 Å². The molecule has 2 N–H and O–H groups in total. The minimum Gasteiger partial charge on any atom is -0.383 e. The highest BCUT2D eigenvalue weighted by Gasteiger charge is 2.38. The van der Waals surface area contributed by atoms with Crippen LogP contribution in [0.5, 0.6) is 0 Å². The molecule has 12 rings (SSSR count). The van der Waals surface area contributed by atoms with Gasteiger partial charge in [-0.1, -0.05) is 208 Å². The smallest absolute Gasteiger partial charge is 0.131 e. The second-order valence-corrected chi connectivity index (χ2v) is 18.6. The van der Waals surface area contributed by atoms with Crippen LogP contribution >= 0.6 is 11.3 Å². The van der Waals surface area contributed by atoms with Crippen LogP contribution in [0.2, 0.25) is 0 Å². The average molecular weight is 837 g/mol. The van der Waals surface area contributed by atoms with Gasteiger partial charge < -0.3 is 5.73 Å². The first-order valence-corrected chi connectivity index (χ1v) is 23.0. The number of nitrogens with zero attached hydrogens (tertiary/aromatic N) is 1. The molecule has 0 saturated heterocycles. The van der Waals surface area contributed by atoms with Gasteiger partial charge in [-0.3, -0.25) is 0 Å². The van der Waals surface area contributed by atoms with Crippen molar-refractivity contribution in [1.82, 2.24) is 0 Å². The molecular weight excluding hydrogens is 793 g/mol. The highest BCUT2D eigenvalue weighted by molar-refractivity contribution is 7.25. The Morgan fingerprint density at radius 3 is 1.84 bits per heavy atom. The lowest BCUT2D eigenvalue weighted by molar-refractivity contribution is 0.666. The molecule has 10 aromatic carbocycles. The zero-order valence-corrected chi connectivity index (χ0v) is 36.6. The first-order valence-electron chi connectivity index (χ1n) is 22.1. The Bertz CT molecular complexity index is 3740. The van der Waals surface area contributed by atoms with Crippen LogP contribution in [0.25, 0.3) is 91.6 Å². The molecule has 0 unspecified atom stereocenters. The van der Waals surface area contributed by atoms with Gasteiger partial charge in [-0.25, -0.2) is 4.99 Å². The second kappa shape index (κ2) is 15.0. The average Bonchev–Trinajstić information content (AvgIpc) is 3.85. The number of hydrogen-bond donors (Lipinski definition) is 1. The van der Waals surface area contributed by atoms with Crippen LogP contribution in [-0.2, 0) is 11.8 Å². The summed E-state index contributed by atoms with van der Waals surface area (Å²) in [6.45, 7) is 4.77. The quantitative estimate of drug-likeness (QED) is 0.126. The third-order valence-electron chi connectivity index (χ3n) is 13.6. The largest absolute Gasteiger partial charge is 0.383 e. The van der Waals surface area contributed by atoms with E-state index in [0.717, 1.165) is 22.2 Å². The Labute approximate surface area is 377 Å². The molecule has 304 valence electrons. The van der Waals surface area contributed by atoms with E-state index in [1.54, 1.807) is 0 Å². The lowest BCUT2D eigenvalue weighted by Gasteiger charge is -2.23. The van der Waals surface area contributed by atoms with Crippen molar-refractivity contribution < 1.29 is 0 Å². The number of amidine groups is 1. The molecule has 0 amide bonds. The fourth-order valence-electron chi connectivity index (χ4n) is 10.6. The van der Waals surface area contributed by atoms with Crippen LogP contribution < -0.4 is 5.73 Å². The number of rotatable bonds is 7. The van der Waals surface area contributed by atoms with E-state index in [4.69, 9.17) is 10.7 Å². The molecule has 11 aromatic rings. The topological polar surface area (TPSA) is 38.4 Å². The Balaban J connectivity index is 1.01. The predicted molar refractivity (Wildman–Crippen MR) is 276 cm³/mol. The molecule has 1 heterocycles. The van der Waals surface area contributed by atoms with Gasteiger partial charge in [0.25, 0.3) is 0 Å². The summed E-state index contributed by atoms with van der Waals surface area (Å²) >= 11 is 1.85. The van der Waals surface area contributed by atoms with Crippen molar-refractivity contribution in [3.05, 3.63) is 234 Å². The molecule has 0 spiro atoms. The SMILES string of the molecule is CC1(C)c2cccc(-c3ccc(-c4ccc(/C(=C/Cc5cccc6sc7ccccc7c56)N=C(N)c5ccccc5)c5ccccc45)c4ccccc34)c2-c2ccc3ccccc3c21. The summed E-state index contributed by atoms with van der Waals surface area (Å²) in [5.74, 6) is 0.493. The van der Waals surface area contributed by atoms with Crippen molar-refractivity contribution in [2.45, 2.75) is 25.7 Å². The Hall–Kier alpha value is -7.59. The van der Waals surface area contributed by atoms with E-state index in [1.165, 1.54) is 97.2 Å². The molecule has 1 aliphatic rings. The molecule has 0 aliphatic heterocycles. The van der Waals surface area contributed by atoms with Crippen molar-refractivity contribution in [2.24, 2.45) is 10.7 Å². The van der Waals surface area contributed by atoms with Crippen molar-refractivity contribution in [1.29, 1.82) is 0 Å². The predicted octanol–water partition coefficient (Wildman–Crippen LogP) is 16.1. The standard InChI is InChI=1S/C61H44N2S/c1-61(2)53-27-15-26-50(58(53)52-32-30-38-16-6-7-20-41(38)59(52)61)48-34-33-46(42-21-8-9-22-43(42)48)47-35-36-49(45-24-11-10-23-44(45)47)54(63-60(62)40-17-4-3-5-18-40)37-31-39-19-14-29-56-57(39)51-25-12-13-28-55(51)64-56/h3-30,32-37H,31H2,1-2H3,(H2,62,63)/b54-37-. The lowest BCUT2D eigenvalue weighted by Crippen LogP contribution is -2.15. The van der Waals surface area contributed by atoms with Gasteiger partial charge in [0.15, 0.2) is 0 Å². The van der Waals surface area contributed by atoms with Crippen LogP contribution in [0.15, 0.2) is 211 Å². The molecular formula is C61H44N2S. The molecule has 3 heteroatoms. The van der Waals surface area contributed by atoms with Gasteiger partial charge in [-0.15, -0.1) is 11.3 Å². The third kappa shape index (κ3) is 6.03. The first-order chi connectivity index (χ1) is 31.4. The highest BCUT2D eigenvalue weighted by Crippen LogP contribution is 2.55. The minimum atomic E-state index is -0.132. The molecule has 0 fully saturated rings. The molecule has 1 aliphatic carbocycles. The van der Waals surface area contributed by atoms with Crippen molar-refractivity contribution >= 4 is 75.4 Å². The maximum absolute atomic E-state index is 6.85. The number of nitrogens with two attached hydrogens (primary N) is 1. The van der Waals surface area contributed by atoms with E-state index in [1.807, 2.05) is 41.7 Å². The highest BCUT2D eigenvalue weighted by atomic mass is 32.1. The molecule has 0 saturated carbocycles. The van der Waals surface area contributed by atoms with Gasteiger partial charge in [0, 0.05) is 36.7 Å². The van der Waals surface area contributed by atoms with Crippen molar-refractivity contribution in [2.75, 3.05) is 0 Å². The van der Waals surface area contributed by atoms with Gasteiger partial charge in [0.1, 0.15) is 5.84 Å². The van der Waals surface area contributed by atoms with Crippen LogP contribution in [0.3, 0.4) is 0 Å². The Kier molecular flexibility index (Phi) is 8.96. The van der Waals surface area contributed by atoms with E-state index in [2.05, 4.69) is 190 Å². The van der Waals surface area contributed by atoms with Crippen LogP contribution in [0.4, 0.5) is 0 Å². The second-order valence-electron chi connectivity index (χ2n) is 17.5. The first kappa shape index (κ1) is 38.1. The summed E-state index contributed by atoms with van der Waals surface area (Å²) < 4.78 is 2.60. The molecule has 0 atom stereocenters. The summed E-state index contributed by atoms with van der Waals surface area (Å²) in [6, 6.07) is 72.8. The maximum Gasteiger partial charge on any atom is 0.131 e. The Morgan fingerprint density at radius 1 is 0.500 bits per heavy atom. The van der Waals surface area contributed by atoms with Crippen LogP contribution in [0, 0.1) is 0 Å². The summed E-state index contributed by atoms with van der Waals surface area (Å²) in [5, 5.41) is 10.0. The zero-order valence-electron chi connectivity index (χ0n) is 35.8. The van der Waals surface area contributed by atoms with Gasteiger partial charge in [-0.05, 0) is 101 Å². The summed E-state index contributed by atoms with van der Waals surface area (Å²) in [7, 11) is 0. The number of fused-ring (bicyclic) bond motifs is 10. The van der Waals surface area contributed by atoms with Crippen LogP contribution in [-0.4, -0.2) is 5.84 Å². The summed E-state index contributed by atoms with van der Waals surface area (Å²) in [5.41, 5.74) is 21.2. The van der Waals surface area contributed by atoms with E-state index in [0.29, 0.717) is 12.3 Å². The summed E-state index contributed by atoms with van der Waals surface area (Å²) in [4.78, 5) is 5.24. The fraction of sp³-hybridized carbons (Fsp3) is 0.0656. The minimum absolute atomic E-state index is 0.132. The monoisotopic (exact) mass is 836 g/mol. The van der Waals surface area contributed by atoms with E-state index in [9.17, 15) is 0 Å². The van der Waals surface area contributed by atoms with E-state index < -0.39 is 0 Å². The molecule has 0 bridgehead atoms. The number of aliphatic imine (C=N–C) groups is 1. The molecule has 2 nitrogen and oxygen atoms in total. The number of allylic oxidation sites excluding steroid dienone is 1. The van der Waals surface area contributed by atoms with Crippen LogP contribution in [0.1, 0.15) is 41.7 Å². The molecule has 1 aromatic heterocycles. The van der Waals surface area contributed by atoms with Gasteiger partial charge in [0.05, 0.1) is 5.70 Å². The van der Waals surface area contributed by atoms with Gasteiger partial charge in [0.2, 0.25) is 0 Å². The van der Waals surface area contributed by atoms with Crippen molar-refractivity contribution in [3.63, 3.8) is 0 Å². The Morgan fingerprint density at radius 2 is 1.08 bits per heavy atom. The third-order valence-corrected chi connectivity index (χ3v) is 14.7. The lowest BCUT2D eigenvalue weighted by atomic mass is 9.80. The molecule has 64 heavy (non-hydrogen) atoms.